The zero-order valence-electron chi connectivity index (χ0n) is 22.2. The summed E-state index contributed by atoms with van der Waals surface area (Å²) in [4.78, 5) is 14.5. The number of aromatic nitrogens is 2. The molecule has 4 heterocycles. The fraction of sp³-hybridized carbons (Fsp3) is 0.533. The van der Waals surface area contributed by atoms with Crippen molar-refractivity contribution < 1.29 is 13.9 Å². The van der Waals surface area contributed by atoms with Crippen molar-refractivity contribution in [2.75, 3.05) is 56.7 Å². The second-order valence-electron chi connectivity index (χ2n) is 10.6. The quantitative estimate of drug-likeness (QED) is 0.409. The third-order valence-electron chi connectivity index (χ3n) is 8.11. The minimum absolute atomic E-state index is 0.238. The van der Waals surface area contributed by atoms with Gasteiger partial charge in [-0.3, -0.25) is 4.98 Å². The molecule has 3 aromatic rings. The summed E-state index contributed by atoms with van der Waals surface area (Å²) in [7, 11) is 1.65. The zero-order chi connectivity index (χ0) is 25.9. The highest BCUT2D eigenvalue weighted by atomic mass is 19.1. The molecule has 1 aliphatic carbocycles. The Bertz CT molecular complexity index is 1270. The van der Waals surface area contributed by atoms with E-state index in [4.69, 9.17) is 19.4 Å². The van der Waals surface area contributed by atoms with Gasteiger partial charge in [-0.1, -0.05) is 12.1 Å². The molecule has 0 amide bonds. The molecular formula is C30H36FN5O2. The van der Waals surface area contributed by atoms with Gasteiger partial charge in [0.15, 0.2) is 11.6 Å². The predicted molar refractivity (Wildman–Crippen MR) is 147 cm³/mol. The van der Waals surface area contributed by atoms with Crippen molar-refractivity contribution in [2.45, 2.75) is 57.4 Å². The number of piperidine rings is 1. The fourth-order valence-electron chi connectivity index (χ4n) is 6.10. The molecular weight excluding hydrogens is 481 g/mol. The van der Waals surface area contributed by atoms with Gasteiger partial charge >= 0.3 is 0 Å². The number of halogens is 1. The average molecular weight is 518 g/mol. The van der Waals surface area contributed by atoms with Crippen LogP contribution in [0.25, 0.3) is 11.0 Å². The molecule has 7 nitrogen and oxygen atoms in total. The Kier molecular flexibility index (Phi) is 7.37. The summed E-state index contributed by atoms with van der Waals surface area (Å²) < 4.78 is 26.1. The highest BCUT2D eigenvalue weighted by Gasteiger charge is 2.27. The molecule has 200 valence electrons. The van der Waals surface area contributed by atoms with Gasteiger partial charge in [0.25, 0.3) is 5.88 Å². The number of likely N-dealkylation sites (tertiary alicyclic amines) is 1. The third-order valence-corrected chi connectivity index (χ3v) is 8.11. The van der Waals surface area contributed by atoms with Gasteiger partial charge in [0.1, 0.15) is 5.52 Å². The van der Waals surface area contributed by atoms with E-state index in [1.807, 2.05) is 6.07 Å². The molecule has 38 heavy (non-hydrogen) atoms. The Morgan fingerprint density at radius 3 is 2.66 bits per heavy atom. The van der Waals surface area contributed by atoms with Gasteiger partial charge in [-0.15, -0.1) is 0 Å². The standard InChI is InChI=1S/C30H36FN5O2/c1-37-30-27(38-19-7-16-35-14-4-5-15-35)20-25-29(34-30)28(22-8-6-10-24(22)33-25)32-21-12-17-36(18-13-21)26-11-3-2-9-23(26)31/h9,11,20-21H,4-8,10,12-19H2,1H3,(H,32,33). The first-order valence-corrected chi connectivity index (χ1v) is 14.0. The van der Waals surface area contributed by atoms with Crippen LogP contribution in [0.1, 0.15) is 49.8 Å². The summed E-state index contributed by atoms with van der Waals surface area (Å²) in [5, 5.41) is 3.83. The molecule has 0 atom stereocenters. The molecule has 8 heteroatoms. The molecule has 2 aliphatic heterocycles. The van der Waals surface area contributed by atoms with E-state index in [1.54, 1.807) is 13.2 Å². The number of methoxy groups -OCH3 is 1. The predicted octanol–water partition coefficient (Wildman–Crippen LogP) is 4.81. The van der Waals surface area contributed by atoms with Crippen LogP contribution in [0.2, 0.25) is 0 Å². The molecule has 0 radical (unpaired) electrons. The number of rotatable bonds is 9. The molecule has 6 rings (SSSR count). The van der Waals surface area contributed by atoms with Crippen molar-refractivity contribution >= 4 is 22.4 Å². The highest BCUT2D eigenvalue weighted by molar-refractivity contribution is 5.92. The number of pyridine rings is 2. The van der Waals surface area contributed by atoms with Gasteiger partial charge in [-0.25, -0.2) is 9.37 Å². The first-order valence-electron chi connectivity index (χ1n) is 14.0. The molecule has 0 unspecified atom stereocenters. The SMILES string of the molecule is COc1nc2c(NC3CCN(c4cc#ccc4F)CC3)c3c(nc2cc1OCCCN1CCCC1)CCC3. The van der Waals surface area contributed by atoms with Gasteiger partial charge in [-0.05, 0) is 70.0 Å². The van der Waals surface area contributed by atoms with E-state index in [1.165, 1.54) is 37.6 Å². The number of ether oxygens (including phenoxy) is 2. The van der Waals surface area contributed by atoms with Crippen LogP contribution in [0, 0.1) is 17.9 Å². The van der Waals surface area contributed by atoms with Crippen LogP contribution in [0.3, 0.4) is 0 Å². The number of anilines is 2. The monoisotopic (exact) mass is 517 g/mol. The van der Waals surface area contributed by atoms with Crippen LogP contribution in [-0.4, -0.2) is 67.4 Å². The Balaban J connectivity index is 1.19. The lowest BCUT2D eigenvalue weighted by atomic mass is 10.0. The molecule has 2 fully saturated rings. The average Bonchev–Trinajstić information content (AvgIpc) is 3.64. The van der Waals surface area contributed by atoms with Gasteiger partial charge in [0.2, 0.25) is 0 Å². The molecule has 3 aliphatic rings. The van der Waals surface area contributed by atoms with E-state index >= 15 is 0 Å². The Morgan fingerprint density at radius 2 is 1.87 bits per heavy atom. The summed E-state index contributed by atoms with van der Waals surface area (Å²) in [6.45, 7) is 5.66. The third kappa shape index (κ3) is 5.17. The maximum atomic E-state index is 14.3. The largest absolute Gasteiger partial charge is 0.488 e. The molecule has 0 saturated carbocycles. The van der Waals surface area contributed by atoms with Crippen LogP contribution in [-0.2, 0) is 12.8 Å². The van der Waals surface area contributed by atoms with Crippen molar-refractivity contribution in [3.8, 4) is 11.6 Å². The van der Waals surface area contributed by atoms with Crippen molar-refractivity contribution in [3.05, 3.63) is 47.4 Å². The lowest BCUT2D eigenvalue weighted by Crippen LogP contribution is -2.39. The molecule has 0 spiro atoms. The number of fused-ring (bicyclic) bond motifs is 2. The second-order valence-corrected chi connectivity index (χ2v) is 10.6. The van der Waals surface area contributed by atoms with E-state index in [-0.39, 0.29) is 11.9 Å². The van der Waals surface area contributed by atoms with E-state index in [0.717, 1.165) is 80.6 Å². The Morgan fingerprint density at radius 1 is 1.05 bits per heavy atom. The maximum Gasteiger partial charge on any atom is 0.257 e. The first-order chi connectivity index (χ1) is 18.7. The smallest absolute Gasteiger partial charge is 0.257 e. The summed E-state index contributed by atoms with van der Waals surface area (Å²) in [6.07, 6.45) is 8.49. The van der Waals surface area contributed by atoms with E-state index < -0.39 is 0 Å². The molecule has 2 aromatic heterocycles. The number of nitrogens with one attached hydrogen (secondary N) is 1. The second kappa shape index (κ2) is 11.2. The minimum atomic E-state index is -0.238. The number of hydrogen-bond acceptors (Lipinski definition) is 7. The summed E-state index contributed by atoms with van der Waals surface area (Å²) in [5.74, 6) is 0.924. The minimum Gasteiger partial charge on any atom is -0.488 e. The lowest BCUT2D eigenvalue weighted by Gasteiger charge is -2.34. The Labute approximate surface area is 224 Å². The van der Waals surface area contributed by atoms with Gasteiger partial charge in [0, 0.05) is 49.6 Å². The highest BCUT2D eigenvalue weighted by Crippen LogP contribution is 2.38. The van der Waals surface area contributed by atoms with Crippen LogP contribution in [0.5, 0.6) is 11.6 Å². The van der Waals surface area contributed by atoms with Crippen molar-refractivity contribution in [1.82, 2.24) is 14.9 Å². The number of aryl methyl sites for hydroxylation is 1. The first kappa shape index (κ1) is 25.0. The van der Waals surface area contributed by atoms with Gasteiger partial charge in [-0.2, -0.15) is 0 Å². The zero-order valence-corrected chi connectivity index (χ0v) is 22.2. The summed E-state index contributed by atoms with van der Waals surface area (Å²) in [6, 6.07) is 10.9. The van der Waals surface area contributed by atoms with Crippen molar-refractivity contribution in [2.24, 2.45) is 0 Å². The number of hydrogen-bond donors (Lipinski definition) is 1. The van der Waals surface area contributed by atoms with E-state index in [0.29, 0.717) is 23.9 Å². The van der Waals surface area contributed by atoms with Crippen molar-refractivity contribution in [1.29, 1.82) is 0 Å². The van der Waals surface area contributed by atoms with Crippen molar-refractivity contribution in [3.63, 3.8) is 0 Å². The summed E-state index contributed by atoms with van der Waals surface area (Å²) >= 11 is 0. The van der Waals surface area contributed by atoms with Gasteiger partial charge in [0.05, 0.1) is 30.6 Å². The summed E-state index contributed by atoms with van der Waals surface area (Å²) in [5.41, 5.74) is 5.80. The Hall–Kier alpha value is -3.31. The van der Waals surface area contributed by atoms with Crippen LogP contribution < -0.4 is 19.7 Å². The molecule has 1 N–H and O–H groups in total. The molecule has 2 saturated heterocycles. The maximum absolute atomic E-state index is 14.3. The van der Waals surface area contributed by atoms with Crippen LogP contribution in [0.4, 0.5) is 15.8 Å². The van der Waals surface area contributed by atoms with Crippen LogP contribution in [0.15, 0.2) is 18.2 Å². The van der Waals surface area contributed by atoms with Gasteiger partial charge < -0.3 is 24.6 Å². The van der Waals surface area contributed by atoms with E-state index in [9.17, 15) is 4.39 Å². The van der Waals surface area contributed by atoms with E-state index in [2.05, 4.69) is 27.2 Å². The molecule has 1 aromatic carbocycles. The topological polar surface area (TPSA) is 62.8 Å². The fourth-order valence-corrected chi connectivity index (χ4v) is 6.10. The number of nitrogens with zero attached hydrogens (tertiary/aromatic N) is 4. The lowest BCUT2D eigenvalue weighted by molar-refractivity contribution is 0.252. The molecule has 0 bridgehead atoms. The van der Waals surface area contributed by atoms with Crippen LogP contribution >= 0.6 is 0 Å². The normalized spacial score (nSPS) is 18.0.